The maximum absolute atomic E-state index is 12.5. The van der Waals surface area contributed by atoms with Crippen molar-refractivity contribution in [2.45, 2.75) is 31.9 Å². The van der Waals surface area contributed by atoms with E-state index in [1.54, 1.807) is 0 Å². The number of carboxylic acid groups (broad SMARTS) is 1. The van der Waals surface area contributed by atoms with E-state index in [-0.39, 0.29) is 18.9 Å². The number of rotatable bonds is 4. The number of amides is 1. The molecule has 0 bridgehead atoms. The second-order valence-electron chi connectivity index (χ2n) is 5.71. The second-order valence-corrected chi connectivity index (χ2v) is 5.71. The Morgan fingerprint density at radius 3 is 2.43 bits per heavy atom. The van der Waals surface area contributed by atoms with E-state index in [1.165, 1.54) is 17.0 Å². The van der Waals surface area contributed by atoms with Crippen LogP contribution in [0.15, 0.2) is 24.3 Å². The van der Waals surface area contributed by atoms with Gasteiger partial charge in [-0.25, -0.2) is 0 Å². The number of aliphatic carboxylic acids is 1. The number of hydrogen-bond donors (Lipinski definition) is 1. The first-order valence-corrected chi connectivity index (χ1v) is 7.44. The SMILES string of the molecule is O=C(O)C1CCCN(C(=O)CCc2ccc(C(F)(F)F)cc2)C1. The predicted molar refractivity (Wildman–Crippen MR) is 76.7 cm³/mol. The zero-order chi connectivity index (χ0) is 17.0. The molecule has 23 heavy (non-hydrogen) atoms. The molecule has 1 aliphatic heterocycles. The molecule has 1 atom stereocenters. The summed E-state index contributed by atoms with van der Waals surface area (Å²) in [5, 5.41) is 9.01. The zero-order valence-corrected chi connectivity index (χ0v) is 12.5. The van der Waals surface area contributed by atoms with E-state index in [4.69, 9.17) is 5.11 Å². The molecule has 1 saturated heterocycles. The van der Waals surface area contributed by atoms with Gasteiger partial charge >= 0.3 is 12.1 Å². The van der Waals surface area contributed by atoms with Crippen LogP contribution in [-0.4, -0.2) is 35.0 Å². The fourth-order valence-electron chi connectivity index (χ4n) is 2.68. The summed E-state index contributed by atoms with van der Waals surface area (Å²) >= 11 is 0. The highest BCUT2D eigenvalue weighted by Crippen LogP contribution is 2.29. The van der Waals surface area contributed by atoms with Gasteiger partial charge in [-0.3, -0.25) is 9.59 Å². The van der Waals surface area contributed by atoms with Gasteiger partial charge in [0.05, 0.1) is 11.5 Å². The average Bonchev–Trinajstić information content (AvgIpc) is 2.52. The van der Waals surface area contributed by atoms with Gasteiger partial charge in [0.2, 0.25) is 5.91 Å². The summed E-state index contributed by atoms with van der Waals surface area (Å²) in [5.74, 6) is -1.58. The van der Waals surface area contributed by atoms with E-state index in [1.807, 2.05) is 0 Å². The van der Waals surface area contributed by atoms with Crippen molar-refractivity contribution >= 4 is 11.9 Å². The number of carbonyl (C=O) groups excluding carboxylic acids is 1. The normalized spacial score (nSPS) is 18.7. The number of benzene rings is 1. The molecule has 1 amide bonds. The molecule has 0 spiro atoms. The Labute approximate surface area is 131 Å². The molecule has 1 heterocycles. The number of alkyl halides is 3. The van der Waals surface area contributed by atoms with Crippen LogP contribution in [0, 0.1) is 5.92 Å². The fraction of sp³-hybridized carbons (Fsp3) is 0.500. The third-order valence-corrected chi connectivity index (χ3v) is 4.03. The summed E-state index contributed by atoms with van der Waals surface area (Å²) in [6.07, 6.45) is -2.64. The minimum atomic E-state index is -4.37. The lowest BCUT2D eigenvalue weighted by molar-refractivity contribution is -0.145. The molecule has 7 heteroatoms. The Balaban J connectivity index is 1.88. The molecule has 126 valence electrons. The number of carbonyl (C=O) groups is 2. The molecule has 1 fully saturated rings. The zero-order valence-electron chi connectivity index (χ0n) is 12.5. The van der Waals surface area contributed by atoms with Crippen molar-refractivity contribution in [2.75, 3.05) is 13.1 Å². The van der Waals surface area contributed by atoms with Crippen molar-refractivity contribution in [3.63, 3.8) is 0 Å². The molecule has 0 aliphatic carbocycles. The van der Waals surface area contributed by atoms with Crippen LogP contribution in [0.2, 0.25) is 0 Å². The van der Waals surface area contributed by atoms with E-state index < -0.39 is 23.6 Å². The first-order valence-electron chi connectivity index (χ1n) is 7.44. The van der Waals surface area contributed by atoms with E-state index in [2.05, 4.69) is 0 Å². The Morgan fingerprint density at radius 1 is 1.22 bits per heavy atom. The molecule has 0 radical (unpaired) electrons. The van der Waals surface area contributed by atoms with Crippen molar-refractivity contribution in [3.8, 4) is 0 Å². The second kappa shape index (κ2) is 7.02. The summed E-state index contributed by atoms with van der Waals surface area (Å²) in [6, 6.07) is 4.74. The maximum Gasteiger partial charge on any atom is 0.416 e. The highest BCUT2D eigenvalue weighted by molar-refractivity contribution is 5.78. The monoisotopic (exact) mass is 329 g/mol. The number of halogens is 3. The highest BCUT2D eigenvalue weighted by atomic mass is 19.4. The summed E-state index contributed by atoms with van der Waals surface area (Å²) in [4.78, 5) is 24.6. The molecule has 4 nitrogen and oxygen atoms in total. The molecular weight excluding hydrogens is 311 g/mol. The van der Waals surface area contributed by atoms with Gasteiger partial charge in [0.15, 0.2) is 0 Å². The number of nitrogens with zero attached hydrogens (tertiary/aromatic N) is 1. The molecule has 1 aromatic carbocycles. The van der Waals surface area contributed by atoms with Gasteiger partial charge < -0.3 is 10.0 Å². The number of likely N-dealkylation sites (tertiary alicyclic amines) is 1. The van der Waals surface area contributed by atoms with E-state index in [0.29, 0.717) is 31.4 Å². The van der Waals surface area contributed by atoms with Crippen LogP contribution in [0.5, 0.6) is 0 Å². The van der Waals surface area contributed by atoms with Crippen molar-refractivity contribution in [3.05, 3.63) is 35.4 Å². The van der Waals surface area contributed by atoms with Gasteiger partial charge in [-0.05, 0) is 37.0 Å². The van der Waals surface area contributed by atoms with Gasteiger partial charge in [0, 0.05) is 19.5 Å². The summed E-state index contributed by atoms with van der Waals surface area (Å²) in [5.41, 5.74) is -0.0638. The van der Waals surface area contributed by atoms with Gasteiger partial charge in [-0.2, -0.15) is 13.2 Å². The van der Waals surface area contributed by atoms with E-state index in [9.17, 15) is 22.8 Å². The van der Waals surface area contributed by atoms with Crippen LogP contribution >= 0.6 is 0 Å². The molecule has 2 rings (SSSR count). The van der Waals surface area contributed by atoms with Crippen LogP contribution in [0.25, 0.3) is 0 Å². The summed E-state index contributed by atoms with van der Waals surface area (Å²) in [6.45, 7) is 0.747. The molecular formula is C16H18F3NO3. The highest BCUT2D eigenvalue weighted by Gasteiger charge is 2.30. The van der Waals surface area contributed by atoms with Crippen LogP contribution in [0.3, 0.4) is 0 Å². The minimum Gasteiger partial charge on any atom is -0.481 e. The quantitative estimate of drug-likeness (QED) is 0.924. The molecule has 0 aromatic heterocycles. The minimum absolute atomic E-state index is 0.157. The lowest BCUT2D eigenvalue weighted by atomic mass is 9.97. The van der Waals surface area contributed by atoms with Crippen LogP contribution in [0.4, 0.5) is 13.2 Å². The molecule has 1 N–H and O–H groups in total. The molecule has 1 unspecified atom stereocenters. The van der Waals surface area contributed by atoms with Crippen LogP contribution < -0.4 is 0 Å². The third-order valence-electron chi connectivity index (χ3n) is 4.03. The Bertz CT molecular complexity index is 569. The molecule has 1 aliphatic rings. The summed E-state index contributed by atoms with van der Waals surface area (Å²) < 4.78 is 37.4. The van der Waals surface area contributed by atoms with Gasteiger partial charge in [-0.15, -0.1) is 0 Å². The largest absolute Gasteiger partial charge is 0.481 e. The van der Waals surface area contributed by atoms with Gasteiger partial charge in [-0.1, -0.05) is 12.1 Å². The molecule has 0 saturated carbocycles. The number of aryl methyl sites for hydroxylation is 1. The first-order chi connectivity index (χ1) is 10.8. The third kappa shape index (κ3) is 4.71. The van der Waals surface area contributed by atoms with Gasteiger partial charge in [0.1, 0.15) is 0 Å². The van der Waals surface area contributed by atoms with Crippen LogP contribution in [0.1, 0.15) is 30.4 Å². The maximum atomic E-state index is 12.5. The Kier molecular flexibility index (Phi) is 5.28. The first kappa shape index (κ1) is 17.3. The topological polar surface area (TPSA) is 57.6 Å². The number of hydrogen-bond acceptors (Lipinski definition) is 2. The van der Waals surface area contributed by atoms with E-state index in [0.717, 1.165) is 12.1 Å². The summed E-state index contributed by atoms with van der Waals surface area (Å²) in [7, 11) is 0. The van der Waals surface area contributed by atoms with Crippen molar-refractivity contribution in [2.24, 2.45) is 5.92 Å². The Hall–Kier alpha value is -2.05. The average molecular weight is 329 g/mol. The number of piperidine rings is 1. The van der Waals surface area contributed by atoms with Gasteiger partial charge in [0.25, 0.3) is 0 Å². The smallest absolute Gasteiger partial charge is 0.416 e. The van der Waals surface area contributed by atoms with Crippen molar-refractivity contribution in [1.82, 2.24) is 4.90 Å². The predicted octanol–water partition coefficient (Wildman–Crippen LogP) is 2.96. The van der Waals surface area contributed by atoms with Crippen molar-refractivity contribution < 1.29 is 27.9 Å². The van der Waals surface area contributed by atoms with E-state index >= 15 is 0 Å². The fourth-order valence-corrected chi connectivity index (χ4v) is 2.68. The lowest BCUT2D eigenvalue weighted by Gasteiger charge is -2.30. The number of carboxylic acids is 1. The lowest BCUT2D eigenvalue weighted by Crippen LogP contribution is -2.42. The molecule has 1 aromatic rings. The Morgan fingerprint density at radius 2 is 1.87 bits per heavy atom. The standard InChI is InChI=1S/C16H18F3NO3/c17-16(18,19)13-6-3-11(4-7-13)5-8-14(21)20-9-1-2-12(10-20)15(22)23/h3-4,6-7,12H,1-2,5,8-10H2,(H,22,23). The van der Waals surface area contributed by atoms with Crippen LogP contribution in [-0.2, 0) is 22.2 Å². The van der Waals surface area contributed by atoms with Crippen molar-refractivity contribution in [1.29, 1.82) is 0 Å².